The third kappa shape index (κ3) is 3.90. The SMILES string of the molecule is CCn1c(-c2noc(CNC(=O)OC(C)(C)C)n2)cc2c(Br)cccc21. The molecular formula is C18H21BrN4O3. The number of hydrogen-bond acceptors (Lipinski definition) is 5. The molecule has 7 nitrogen and oxygen atoms in total. The van der Waals surface area contributed by atoms with E-state index in [1.54, 1.807) is 20.8 Å². The molecule has 1 N–H and O–H groups in total. The van der Waals surface area contributed by atoms with Crippen LogP contribution >= 0.6 is 15.9 Å². The number of ether oxygens (including phenoxy) is 1. The highest BCUT2D eigenvalue weighted by Crippen LogP contribution is 2.31. The molecule has 0 aliphatic rings. The van der Waals surface area contributed by atoms with Crippen molar-refractivity contribution in [2.45, 2.75) is 46.4 Å². The van der Waals surface area contributed by atoms with E-state index in [0.29, 0.717) is 11.7 Å². The maximum absolute atomic E-state index is 11.7. The van der Waals surface area contributed by atoms with E-state index in [1.807, 2.05) is 18.2 Å². The summed E-state index contributed by atoms with van der Waals surface area (Å²) in [6, 6.07) is 8.07. The average Bonchev–Trinajstić information content (AvgIpc) is 3.16. The van der Waals surface area contributed by atoms with E-state index in [4.69, 9.17) is 9.26 Å². The van der Waals surface area contributed by atoms with Crippen LogP contribution in [-0.4, -0.2) is 26.4 Å². The number of nitrogens with zero attached hydrogens (tertiary/aromatic N) is 3. The monoisotopic (exact) mass is 420 g/mol. The van der Waals surface area contributed by atoms with Crippen molar-refractivity contribution in [2.75, 3.05) is 0 Å². The fourth-order valence-electron chi connectivity index (χ4n) is 2.67. The molecule has 2 aromatic heterocycles. The fraction of sp³-hybridized carbons (Fsp3) is 0.389. The molecule has 0 saturated carbocycles. The smallest absolute Gasteiger partial charge is 0.408 e. The van der Waals surface area contributed by atoms with Gasteiger partial charge in [-0.15, -0.1) is 0 Å². The first-order valence-electron chi connectivity index (χ1n) is 8.36. The van der Waals surface area contributed by atoms with Gasteiger partial charge in [-0.05, 0) is 45.9 Å². The second-order valence-electron chi connectivity index (χ2n) is 6.81. The lowest BCUT2D eigenvalue weighted by atomic mass is 10.2. The van der Waals surface area contributed by atoms with Crippen LogP contribution in [-0.2, 0) is 17.8 Å². The first-order valence-corrected chi connectivity index (χ1v) is 9.15. The highest BCUT2D eigenvalue weighted by molar-refractivity contribution is 9.10. The van der Waals surface area contributed by atoms with Gasteiger partial charge in [-0.3, -0.25) is 0 Å². The fourth-order valence-corrected chi connectivity index (χ4v) is 3.14. The zero-order valence-electron chi connectivity index (χ0n) is 15.2. The van der Waals surface area contributed by atoms with Gasteiger partial charge in [0.1, 0.15) is 12.1 Å². The number of nitrogens with one attached hydrogen (secondary N) is 1. The molecule has 0 aliphatic carbocycles. The number of amides is 1. The van der Waals surface area contributed by atoms with Gasteiger partial charge in [0.15, 0.2) is 0 Å². The topological polar surface area (TPSA) is 82.2 Å². The Morgan fingerprint density at radius 1 is 1.38 bits per heavy atom. The van der Waals surface area contributed by atoms with E-state index in [-0.39, 0.29) is 6.54 Å². The van der Waals surface area contributed by atoms with Crippen molar-refractivity contribution in [2.24, 2.45) is 0 Å². The molecule has 0 spiro atoms. The van der Waals surface area contributed by atoms with Crippen molar-refractivity contribution >= 4 is 32.9 Å². The Morgan fingerprint density at radius 3 is 2.85 bits per heavy atom. The lowest BCUT2D eigenvalue weighted by Gasteiger charge is -2.19. The Balaban J connectivity index is 1.81. The number of benzene rings is 1. The Kier molecular flexibility index (Phi) is 5.04. The molecule has 0 aliphatic heterocycles. The minimum Gasteiger partial charge on any atom is -0.444 e. The van der Waals surface area contributed by atoms with E-state index in [9.17, 15) is 4.79 Å². The van der Waals surface area contributed by atoms with Crippen molar-refractivity contribution in [1.29, 1.82) is 0 Å². The quantitative estimate of drug-likeness (QED) is 0.671. The number of aryl methyl sites for hydroxylation is 1. The average molecular weight is 421 g/mol. The van der Waals surface area contributed by atoms with E-state index >= 15 is 0 Å². The zero-order chi connectivity index (χ0) is 18.9. The van der Waals surface area contributed by atoms with Crippen LogP contribution in [0, 0.1) is 0 Å². The van der Waals surface area contributed by atoms with Gasteiger partial charge in [-0.1, -0.05) is 27.2 Å². The van der Waals surface area contributed by atoms with E-state index in [2.05, 4.69) is 48.9 Å². The summed E-state index contributed by atoms with van der Waals surface area (Å²) in [5.74, 6) is 0.800. The van der Waals surface area contributed by atoms with Crippen molar-refractivity contribution < 1.29 is 14.1 Å². The number of alkyl carbamates (subject to hydrolysis) is 1. The normalized spacial score (nSPS) is 11.7. The largest absolute Gasteiger partial charge is 0.444 e. The molecule has 0 radical (unpaired) electrons. The van der Waals surface area contributed by atoms with Crippen LogP contribution < -0.4 is 5.32 Å². The summed E-state index contributed by atoms with van der Waals surface area (Å²) in [5, 5.41) is 7.76. The van der Waals surface area contributed by atoms with Gasteiger partial charge in [-0.2, -0.15) is 4.98 Å². The summed E-state index contributed by atoms with van der Waals surface area (Å²) in [5.41, 5.74) is 1.40. The predicted molar refractivity (Wildman–Crippen MR) is 102 cm³/mol. The summed E-state index contributed by atoms with van der Waals surface area (Å²) >= 11 is 3.58. The molecule has 1 aromatic carbocycles. The molecule has 0 saturated heterocycles. The summed E-state index contributed by atoms with van der Waals surface area (Å²) in [7, 11) is 0. The zero-order valence-corrected chi connectivity index (χ0v) is 16.8. The van der Waals surface area contributed by atoms with Crippen LogP contribution in [0.15, 0.2) is 33.3 Å². The molecular weight excluding hydrogens is 400 g/mol. The molecule has 3 rings (SSSR count). The van der Waals surface area contributed by atoms with Crippen LogP contribution in [0.1, 0.15) is 33.6 Å². The van der Waals surface area contributed by atoms with Crippen LogP contribution in [0.5, 0.6) is 0 Å². The molecule has 1 amide bonds. The molecule has 0 atom stereocenters. The molecule has 26 heavy (non-hydrogen) atoms. The van der Waals surface area contributed by atoms with Crippen LogP contribution in [0.3, 0.4) is 0 Å². The van der Waals surface area contributed by atoms with Gasteiger partial charge < -0.3 is 19.1 Å². The number of fused-ring (bicyclic) bond motifs is 1. The minimum atomic E-state index is -0.556. The van der Waals surface area contributed by atoms with Gasteiger partial charge in [0.05, 0.1) is 5.69 Å². The standard InChI is InChI=1S/C18H21BrN4O3/c1-5-23-13-8-6-7-12(19)11(13)9-14(23)16-21-15(26-22-16)10-20-17(24)25-18(2,3)4/h6-9H,5,10H2,1-4H3,(H,20,24). The molecule has 3 aromatic rings. The molecule has 0 fully saturated rings. The van der Waals surface area contributed by atoms with E-state index < -0.39 is 11.7 Å². The summed E-state index contributed by atoms with van der Waals surface area (Å²) < 4.78 is 13.6. The van der Waals surface area contributed by atoms with Crippen molar-refractivity contribution in [3.8, 4) is 11.5 Å². The lowest BCUT2D eigenvalue weighted by molar-refractivity contribution is 0.0518. The molecule has 2 heterocycles. The van der Waals surface area contributed by atoms with E-state index in [1.165, 1.54) is 0 Å². The second-order valence-corrected chi connectivity index (χ2v) is 7.67. The van der Waals surface area contributed by atoms with Crippen molar-refractivity contribution in [3.05, 3.63) is 34.6 Å². The Morgan fingerprint density at radius 2 is 2.15 bits per heavy atom. The summed E-state index contributed by atoms with van der Waals surface area (Å²) in [6.45, 7) is 8.36. The molecule has 8 heteroatoms. The maximum atomic E-state index is 11.7. The van der Waals surface area contributed by atoms with Gasteiger partial charge in [0.2, 0.25) is 11.7 Å². The first kappa shape index (κ1) is 18.4. The third-order valence-corrected chi connectivity index (χ3v) is 4.38. The van der Waals surface area contributed by atoms with Gasteiger partial charge in [0.25, 0.3) is 0 Å². The number of aromatic nitrogens is 3. The lowest BCUT2D eigenvalue weighted by Crippen LogP contribution is -2.32. The highest BCUT2D eigenvalue weighted by Gasteiger charge is 2.19. The van der Waals surface area contributed by atoms with Gasteiger partial charge >= 0.3 is 6.09 Å². The van der Waals surface area contributed by atoms with Crippen molar-refractivity contribution in [1.82, 2.24) is 20.0 Å². The third-order valence-electron chi connectivity index (χ3n) is 3.69. The number of rotatable bonds is 4. The Bertz CT molecular complexity index is 940. The first-order chi connectivity index (χ1) is 12.3. The molecule has 138 valence electrons. The highest BCUT2D eigenvalue weighted by atomic mass is 79.9. The second kappa shape index (κ2) is 7.11. The van der Waals surface area contributed by atoms with Crippen LogP contribution in [0.4, 0.5) is 4.79 Å². The Hall–Kier alpha value is -2.35. The summed E-state index contributed by atoms with van der Waals surface area (Å²) in [6.07, 6.45) is -0.524. The number of hydrogen-bond donors (Lipinski definition) is 1. The van der Waals surface area contributed by atoms with Gasteiger partial charge in [-0.25, -0.2) is 4.79 Å². The van der Waals surface area contributed by atoms with Gasteiger partial charge in [0, 0.05) is 21.9 Å². The number of carbonyl (C=O) groups is 1. The van der Waals surface area contributed by atoms with Crippen LogP contribution in [0.2, 0.25) is 0 Å². The summed E-state index contributed by atoms with van der Waals surface area (Å²) in [4.78, 5) is 16.1. The Labute approximate surface area is 159 Å². The van der Waals surface area contributed by atoms with E-state index in [0.717, 1.165) is 27.6 Å². The molecule has 0 bridgehead atoms. The van der Waals surface area contributed by atoms with Crippen LogP contribution in [0.25, 0.3) is 22.4 Å². The number of carbonyl (C=O) groups excluding carboxylic acids is 1. The minimum absolute atomic E-state index is 0.109. The maximum Gasteiger partial charge on any atom is 0.408 e. The van der Waals surface area contributed by atoms with Crippen molar-refractivity contribution in [3.63, 3.8) is 0 Å². The predicted octanol–water partition coefficient (Wildman–Crippen LogP) is 4.50. The number of halogens is 1. The molecule has 0 unspecified atom stereocenters.